The van der Waals surface area contributed by atoms with Crippen LogP contribution in [0, 0.1) is 0 Å². The molecule has 1 aromatic heterocycles. The Balaban J connectivity index is 1.51. The van der Waals surface area contributed by atoms with Crippen LogP contribution in [-0.4, -0.2) is 53.4 Å². The number of nitrogens with zero attached hydrogens (tertiary/aromatic N) is 3. The molecule has 1 aromatic rings. The molecule has 1 aliphatic heterocycles. The fourth-order valence-electron chi connectivity index (χ4n) is 3.15. The molecular weight excluding hydrogens is 310 g/mol. The van der Waals surface area contributed by atoms with E-state index in [4.69, 9.17) is 13.9 Å². The maximum atomic E-state index is 12.4. The van der Waals surface area contributed by atoms with Crippen LogP contribution in [0.3, 0.4) is 0 Å². The lowest BCUT2D eigenvalue weighted by Gasteiger charge is -2.32. The van der Waals surface area contributed by atoms with E-state index < -0.39 is 0 Å². The maximum Gasteiger partial charge on any atom is 0.248 e. The van der Waals surface area contributed by atoms with Crippen molar-refractivity contribution in [2.75, 3.05) is 26.3 Å². The van der Waals surface area contributed by atoms with E-state index in [1.54, 1.807) is 4.90 Å². The molecule has 1 atom stereocenters. The van der Waals surface area contributed by atoms with Gasteiger partial charge in [0, 0.05) is 12.5 Å². The minimum atomic E-state index is -0.350. The summed E-state index contributed by atoms with van der Waals surface area (Å²) in [6.45, 7) is 5.63. The van der Waals surface area contributed by atoms with Crippen molar-refractivity contribution in [3.63, 3.8) is 0 Å². The number of ether oxygens (including phenoxy) is 2. The summed E-state index contributed by atoms with van der Waals surface area (Å²) in [7, 11) is 0. The Bertz CT molecular complexity index is 540. The van der Waals surface area contributed by atoms with Crippen LogP contribution < -0.4 is 0 Å². The first-order chi connectivity index (χ1) is 11.6. The zero-order chi connectivity index (χ0) is 16.9. The van der Waals surface area contributed by atoms with Crippen molar-refractivity contribution in [3.05, 3.63) is 11.8 Å². The van der Waals surface area contributed by atoms with Crippen molar-refractivity contribution < 1.29 is 18.7 Å². The molecule has 1 aliphatic carbocycles. The molecule has 1 saturated heterocycles. The van der Waals surface area contributed by atoms with Crippen molar-refractivity contribution in [3.8, 4) is 0 Å². The van der Waals surface area contributed by atoms with Gasteiger partial charge in [-0.2, -0.15) is 0 Å². The smallest absolute Gasteiger partial charge is 0.248 e. The Hall–Kier alpha value is -1.47. The Morgan fingerprint density at radius 3 is 2.79 bits per heavy atom. The average molecular weight is 337 g/mol. The molecule has 1 amide bonds. The molecule has 1 saturated carbocycles. The largest absolute Gasteiger partial charge is 0.422 e. The molecule has 0 radical (unpaired) electrons. The lowest BCUT2D eigenvalue weighted by molar-refractivity contribution is -0.147. The summed E-state index contributed by atoms with van der Waals surface area (Å²) in [5.74, 6) is 1.23. The van der Waals surface area contributed by atoms with E-state index in [9.17, 15) is 4.79 Å². The molecule has 0 aromatic carbocycles. The summed E-state index contributed by atoms with van der Waals surface area (Å²) in [6, 6.07) is 0. The molecule has 0 unspecified atom stereocenters. The number of carbonyl (C=O) groups is 1. The van der Waals surface area contributed by atoms with Gasteiger partial charge in [0.05, 0.1) is 19.3 Å². The van der Waals surface area contributed by atoms with E-state index in [1.807, 2.05) is 13.8 Å². The van der Waals surface area contributed by atoms with Crippen LogP contribution in [0.4, 0.5) is 0 Å². The van der Waals surface area contributed by atoms with Gasteiger partial charge >= 0.3 is 0 Å². The minimum Gasteiger partial charge on any atom is -0.422 e. The number of hydrogen-bond acceptors (Lipinski definition) is 6. The van der Waals surface area contributed by atoms with Gasteiger partial charge in [-0.25, -0.2) is 0 Å². The van der Waals surface area contributed by atoms with Crippen molar-refractivity contribution in [1.82, 2.24) is 15.1 Å². The third-order valence-electron chi connectivity index (χ3n) is 4.64. The third kappa shape index (κ3) is 4.33. The zero-order valence-corrected chi connectivity index (χ0v) is 14.6. The van der Waals surface area contributed by atoms with Gasteiger partial charge in [0.2, 0.25) is 17.7 Å². The van der Waals surface area contributed by atoms with Crippen molar-refractivity contribution in [2.45, 2.75) is 64.1 Å². The zero-order valence-electron chi connectivity index (χ0n) is 14.6. The quantitative estimate of drug-likeness (QED) is 0.821. The lowest BCUT2D eigenvalue weighted by Crippen LogP contribution is -2.44. The summed E-state index contributed by atoms with van der Waals surface area (Å²) >= 11 is 0. The van der Waals surface area contributed by atoms with Crippen molar-refractivity contribution >= 4 is 5.91 Å². The second-order valence-corrected chi connectivity index (χ2v) is 6.90. The monoisotopic (exact) mass is 337 g/mol. The molecule has 7 heteroatoms. The molecule has 0 bridgehead atoms. The number of morpholine rings is 1. The second-order valence-electron chi connectivity index (χ2n) is 6.90. The number of hydrogen-bond donors (Lipinski definition) is 0. The molecule has 3 rings (SSSR count). The highest BCUT2D eigenvalue weighted by Crippen LogP contribution is 2.24. The first-order valence-corrected chi connectivity index (χ1v) is 8.97. The van der Waals surface area contributed by atoms with E-state index in [0.29, 0.717) is 31.5 Å². The van der Waals surface area contributed by atoms with Crippen LogP contribution in [0.2, 0.25) is 0 Å². The molecule has 24 heavy (non-hydrogen) atoms. The number of carbonyl (C=O) groups excluding carboxylic acids is 1. The SMILES string of the molecule is CC(C)c1nnc([C@@H]2CN(C(=O)COC3CCCCC3)CCO2)o1. The highest BCUT2D eigenvalue weighted by atomic mass is 16.5. The third-order valence-corrected chi connectivity index (χ3v) is 4.64. The summed E-state index contributed by atoms with van der Waals surface area (Å²) in [5.41, 5.74) is 0. The fourth-order valence-corrected chi connectivity index (χ4v) is 3.15. The van der Waals surface area contributed by atoms with Gasteiger partial charge < -0.3 is 18.8 Å². The molecule has 2 heterocycles. The second kappa shape index (κ2) is 8.07. The highest BCUT2D eigenvalue weighted by molar-refractivity contribution is 5.77. The topological polar surface area (TPSA) is 77.7 Å². The molecule has 0 spiro atoms. The predicted octanol–water partition coefficient (Wildman–Crippen LogP) is 2.44. The Morgan fingerprint density at radius 1 is 1.29 bits per heavy atom. The fraction of sp³-hybridized carbons (Fsp3) is 0.824. The number of rotatable bonds is 5. The first kappa shape index (κ1) is 17.4. The predicted molar refractivity (Wildman–Crippen MR) is 86.5 cm³/mol. The summed E-state index contributed by atoms with van der Waals surface area (Å²) in [5, 5.41) is 8.10. The standard InChI is InChI=1S/C17H27N3O4/c1-12(2)16-18-19-17(24-16)14-10-20(8-9-22-14)15(21)11-23-13-6-4-3-5-7-13/h12-14H,3-11H2,1-2H3/t14-/m0/s1. The molecule has 2 aliphatic rings. The number of amides is 1. The van der Waals surface area contributed by atoms with Gasteiger partial charge in [0.25, 0.3) is 0 Å². The Morgan fingerprint density at radius 2 is 2.08 bits per heavy atom. The van der Waals surface area contributed by atoms with Crippen LogP contribution in [0.15, 0.2) is 4.42 Å². The van der Waals surface area contributed by atoms with Crippen molar-refractivity contribution in [2.24, 2.45) is 0 Å². The molecular formula is C17H27N3O4. The molecule has 2 fully saturated rings. The highest BCUT2D eigenvalue weighted by Gasteiger charge is 2.30. The van der Waals surface area contributed by atoms with Gasteiger partial charge in [-0.3, -0.25) is 4.79 Å². The molecule has 7 nitrogen and oxygen atoms in total. The number of aromatic nitrogens is 2. The van der Waals surface area contributed by atoms with Gasteiger partial charge in [-0.1, -0.05) is 33.1 Å². The summed E-state index contributed by atoms with van der Waals surface area (Å²) < 4.78 is 17.1. The van der Waals surface area contributed by atoms with Crippen LogP contribution in [0.1, 0.15) is 69.8 Å². The lowest BCUT2D eigenvalue weighted by atomic mass is 9.98. The van der Waals surface area contributed by atoms with E-state index in [1.165, 1.54) is 19.3 Å². The minimum absolute atomic E-state index is 0.0115. The first-order valence-electron chi connectivity index (χ1n) is 8.97. The van der Waals surface area contributed by atoms with E-state index in [-0.39, 0.29) is 30.6 Å². The van der Waals surface area contributed by atoms with Gasteiger partial charge in [-0.05, 0) is 12.8 Å². The Labute approximate surface area is 142 Å². The van der Waals surface area contributed by atoms with Gasteiger partial charge in [-0.15, -0.1) is 10.2 Å². The molecule has 0 N–H and O–H groups in total. The van der Waals surface area contributed by atoms with Gasteiger partial charge in [0.15, 0.2) is 6.10 Å². The summed E-state index contributed by atoms with van der Waals surface area (Å²) in [6.07, 6.45) is 5.71. The van der Waals surface area contributed by atoms with E-state index >= 15 is 0 Å². The van der Waals surface area contributed by atoms with Crippen LogP contribution in [0.5, 0.6) is 0 Å². The van der Waals surface area contributed by atoms with E-state index in [2.05, 4.69) is 10.2 Å². The van der Waals surface area contributed by atoms with Crippen LogP contribution in [-0.2, 0) is 14.3 Å². The normalized spacial score (nSPS) is 23.0. The Kier molecular flexibility index (Phi) is 5.84. The van der Waals surface area contributed by atoms with E-state index in [0.717, 1.165) is 12.8 Å². The van der Waals surface area contributed by atoms with Crippen molar-refractivity contribution in [1.29, 1.82) is 0 Å². The summed E-state index contributed by atoms with van der Waals surface area (Å²) in [4.78, 5) is 14.2. The average Bonchev–Trinajstić information content (AvgIpc) is 3.11. The van der Waals surface area contributed by atoms with Gasteiger partial charge in [0.1, 0.15) is 6.61 Å². The molecule has 134 valence electrons. The van der Waals surface area contributed by atoms with Crippen LogP contribution >= 0.6 is 0 Å². The van der Waals surface area contributed by atoms with Crippen LogP contribution in [0.25, 0.3) is 0 Å². The maximum absolute atomic E-state index is 12.4.